The first-order chi connectivity index (χ1) is 20.3. The average molecular weight is 666 g/mol. The van der Waals surface area contributed by atoms with Crippen molar-refractivity contribution >= 4 is 50.7 Å². The molecule has 1 fully saturated rings. The fraction of sp³-hybridized carbons (Fsp3) is 0.296. The summed E-state index contributed by atoms with van der Waals surface area (Å²) < 4.78 is 33.7. The molecule has 0 atom stereocenters. The quantitative estimate of drug-likeness (QED) is 0.282. The van der Waals surface area contributed by atoms with Gasteiger partial charge in [-0.3, -0.25) is 9.78 Å². The molecule has 0 amide bonds. The topological polar surface area (TPSA) is 148 Å². The maximum Gasteiger partial charge on any atom is 0.350 e. The maximum absolute atomic E-state index is 13.4. The van der Waals surface area contributed by atoms with Crippen LogP contribution in [0.4, 0.5) is 0 Å². The number of ether oxygens (including phenoxy) is 1. The van der Waals surface area contributed by atoms with Crippen molar-refractivity contribution in [3.8, 4) is 16.9 Å². The largest absolute Gasteiger partial charge is 0.460 e. The molecule has 1 aliphatic rings. The lowest BCUT2D eigenvalue weighted by molar-refractivity contribution is 0.0497. The molecule has 5 rings (SSSR count). The molecule has 12 nitrogen and oxygen atoms in total. The summed E-state index contributed by atoms with van der Waals surface area (Å²) in [6.45, 7) is 4.28. The third-order valence-corrected chi connectivity index (χ3v) is 10.9. The molecule has 1 aliphatic heterocycles. The van der Waals surface area contributed by atoms with Gasteiger partial charge < -0.3 is 4.74 Å². The lowest BCUT2D eigenvalue weighted by Gasteiger charge is -2.25. The standard InChI is InChI=1S/C27H26Cl2N6O6S2/c1-27(2,21-18(28)13-17(14-19(21)29)35-26(38)31-20(36)15-30-35)25-32-22(16-7-5-4-6-8-16)23(42-25)24(37)41-12-11-34-10-9-33(3)43(34,39)40/h4-8,13-15H,9-12H2,1-3H3,(H,31,36,38). The van der Waals surface area contributed by atoms with Crippen LogP contribution in [-0.2, 0) is 20.4 Å². The Morgan fingerprint density at radius 1 is 1.12 bits per heavy atom. The van der Waals surface area contributed by atoms with E-state index < -0.39 is 32.8 Å². The summed E-state index contributed by atoms with van der Waals surface area (Å²) in [7, 11) is -2.06. The lowest BCUT2D eigenvalue weighted by Crippen LogP contribution is -2.33. The fourth-order valence-corrected chi connectivity index (χ4v) is 8.02. The molecule has 0 spiro atoms. The van der Waals surface area contributed by atoms with Gasteiger partial charge in [-0.25, -0.2) is 14.6 Å². The van der Waals surface area contributed by atoms with Crippen LogP contribution in [0, 0.1) is 0 Å². The van der Waals surface area contributed by atoms with Crippen molar-refractivity contribution in [1.29, 1.82) is 0 Å². The van der Waals surface area contributed by atoms with Crippen molar-refractivity contribution in [3.63, 3.8) is 0 Å². The number of rotatable bonds is 8. The van der Waals surface area contributed by atoms with Gasteiger partial charge in [0, 0.05) is 53.3 Å². The molecule has 43 heavy (non-hydrogen) atoms. The Hall–Kier alpha value is -3.40. The van der Waals surface area contributed by atoms with Crippen LogP contribution in [0.5, 0.6) is 0 Å². The van der Waals surface area contributed by atoms with Crippen molar-refractivity contribution in [2.75, 3.05) is 33.3 Å². The first kappa shape index (κ1) is 31.0. The predicted molar refractivity (Wildman–Crippen MR) is 164 cm³/mol. The summed E-state index contributed by atoms with van der Waals surface area (Å²) in [5, 5.41) is 4.79. The average Bonchev–Trinajstić information content (AvgIpc) is 3.51. The Morgan fingerprint density at radius 2 is 1.79 bits per heavy atom. The molecule has 0 bridgehead atoms. The van der Waals surface area contributed by atoms with E-state index in [1.165, 1.54) is 27.8 Å². The minimum Gasteiger partial charge on any atom is -0.460 e. The highest BCUT2D eigenvalue weighted by Gasteiger charge is 2.36. The summed E-state index contributed by atoms with van der Waals surface area (Å²) in [6.07, 6.45) is 0.963. The van der Waals surface area contributed by atoms with E-state index in [1.807, 2.05) is 44.2 Å². The number of H-pyrrole nitrogens is 1. The number of aromatic amines is 1. The van der Waals surface area contributed by atoms with Gasteiger partial charge in [0.05, 0.1) is 11.4 Å². The van der Waals surface area contributed by atoms with E-state index in [0.717, 1.165) is 22.2 Å². The van der Waals surface area contributed by atoms with Crippen molar-refractivity contribution < 1.29 is 17.9 Å². The molecule has 2 aromatic heterocycles. The number of thiazole rings is 1. The predicted octanol–water partition coefficient (Wildman–Crippen LogP) is 3.33. The van der Waals surface area contributed by atoms with Gasteiger partial charge in [-0.15, -0.1) is 11.3 Å². The summed E-state index contributed by atoms with van der Waals surface area (Å²) in [5.74, 6) is -0.639. The SMILES string of the molecule is CN1CCN(CCOC(=O)c2sc(C(C)(C)c3c(Cl)cc(-n4ncc(=O)[nH]c4=O)cc3Cl)nc2-c2ccccc2)S1(=O)=O. The van der Waals surface area contributed by atoms with Crippen molar-refractivity contribution in [2.45, 2.75) is 19.3 Å². The minimum absolute atomic E-state index is 0.0288. The van der Waals surface area contributed by atoms with Gasteiger partial charge in [-0.05, 0) is 26.0 Å². The monoisotopic (exact) mass is 664 g/mol. The van der Waals surface area contributed by atoms with Gasteiger partial charge in [0.2, 0.25) is 0 Å². The van der Waals surface area contributed by atoms with E-state index in [4.69, 9.17) is 32.9 Å². The molecular formula is C27H26Cl2N6O6S2. The molecule has 4 aromatic rings. The molecule has 0 radical (unpaired) electrons. The van der Waals surface area contributed by atoms with Crippen LogP contribution in [0.3, 0.4) is 0 Å². The number of aromatic nitrogens is 4. The molecule has 1 N–H and O–H groups in total. The maximum atomic E-state index is 13.4. The Balaban J connectivity index is 1.48. The lowest BCUT2D eigenvalue weighted by atomic mass is 9.85. The number of hydrogen-bond donors (Lipinski definition) is 1. The second-order valence-corrected chi connectivity index (χ2v) is 14.0. The zero-order valence-electron chi connectivity index (χ0n) is 23.2. The van der Waals surface area contributed by atoms with E-state index >= 15 is 0 Å². The smallest absolute Gasteiger partial charge is 0.350 e. The second kappa shape index (κ2) is 11.9. The third-order valence-electron chi connectivity index (χ3n) is 6.96. The zero-order valence-corrected chi connectivity index (χ0v) is 26.4. The number of carbonyl (C=O) groups excluding carboxylic acids is 1. The van der Waals surface area contributed by atoms with Crippen LogP contribution in [0.15, 0.2) is 58.3 Å². The van der Waals surface area contributed by atoms with Crippen molar-refractivity contribution in [1.82, 2.24) is 28.4 Å². The highest BCUT2D eigenvalue weighted by atomic mass is 35.5. The first-order valence-electron chi connectivity index (χ1n) is 12.9. The highest BCUT2D eigenvalue weighted by Crippen LogP contribution is 2.44. The molecule has 0 aliphatic carbocycles. The molecule has 0 unspecified atom stereocenters. The Labute approximate surface area is 260 Å². The van der Waals surface area contributed by atoms with Crippen molar-refractivity contribution in [3.05, 3.63) is 95.0 Å². The normalized spacial score (nSPS) is 15.6. The number of hydrogen-bond acceptors (Lipinski definition) is 9. The van der Waals surface area contributed by atoms with E-state index in [2.05, 4.69) is 10.1 Å². The second-order valence-electron chi connectivity index (χ2n) is 10.2. The number of nitrogens with one attached hydrogen (secondary N) is 1. The first-order valence-corrected chi connectivity index (χ1v) is 15.9. The number of carbonyl (C=O) groups is 1. The summed E-state index contributed by atoms with van der Waals surface area (Å²) in [6, 6.07) is 12.1. The van der Waals surface area contributed by atoms with Crippen molar-refractivity contribution in [2.24, 2.45) is 0 Å². The number of benzene rings is 2. The number of nitrogens with zero attached hydrogens (tertiary/aromatic N) is 5. The van der Waals surface area contributed by atoms with Crippen LogP contribution in [0.1, 0.15) is 34.1 Å². The van der Waals surface area contributed by atoms with E-state index in [-0.39, 0.29) is 33.8 Å². The van der Waals surface area contributed by atoms with Gasteiger partial charge in [0.1, 0.15) is 22.7 Å². The molecule has 226 valence electrons. The Morgan fingerprint density at radius 3 is 2.40 bits per heavy atom. The molecule has 0 saturated carbocycles. The van der Waals surface area contributed by atoms with E-state index in [1.54, 1.807) is 0 Å². The number of halogens is 2. The van der Waals surface area contributed by atoms with Crippen LogP contribution in [0.25, 0.3) is 16.9 Å². The summed E-state index contributed by atoms with van der Waals surface area (Å²) in [5.41, 5.74) is -0.484. The Bertz CT molecular complexity index is 1900. The Kier molecular flexibility index (Phi) is 8.62. The van der Waals surface area contributed by atoms with Gasteiger partial charge in [0.25, 0.3) is 15.8 Å². The van der Waals surface area contributed by atoms with Crippen LogP contribution >= 0.6 is 34.5 Å². The van der Waals surface area contributed by atoms with Crippen LogP contribution in [0.2, 0.25) is 10.0 Å². The highest BCUT2D eigenvalue weighted by molar-refractivity contribution is 7.87. The third kappa shape index (κ3) is 6.03. The van der Waals surface area contributed by atoms with E-state index in [0.29, 0.717) is 34.9 Å². The fourth-order valence-electron chi connectivity index (χ4n) is 4.65. The van der Waals surface area contributed by atoms with Crippen LogP contribution in [-0.4, -0.2) is 76.0 Å². The number of likely N-dealkylation sites (N-methyl/N-ethyl adjacent to an activating group) is 1. The zero-order chi connectivity index (χ0) is 31.1. The molecule has 3 heterocycles. The van der Waals surface area contributed by atoms with Gasteiger partial charge >= 0.3 is 11.7 Å². The molecule has 16 heteroatoms. The van der Waals surface area contributed by atoms with Gasteiger partial charge in [-0.2, -0.15) is 26.8 Å². The molecule has 1 saturated heterocycles. The van der Waals surface area contributed by atoms with Gasteiger partial charge in [-0.1, -0.05) is 53.5 Å². The summed E-state index contributed by atoms with van der Waals surface area (Å²) >= 11 is 14.6. The van der Waals surface area contributed by atoms with Crippen LogP contribution < -0.4 is 11.2 Å². The minimum atomic E-state index is -3.56. The molecule has 2 aromatic carbocycles. The van der Waals surface area contributed by atoms with E-state index in [9.17, 15) is 22.8 Å². The van der Waals surface area contributed by atoms with Gasteiger partial charge in [0.15, 0.2) is 0 Å². The molecular weight excluding hydrogens is 639 g/mol. The number of esters is 1. The summed E-state index contributed by atoms with van der Waals surface area (Å²) in [4.78, 5) is 44.3.